The summed E-state index contributed by atoms with van der Waals surface area (Å²) in [5, 5.41) is 11.1. The molecule has 3 aromatic carbocycles. The van der Waals surface area contributed by atoms with Crippen molar-refractivity contribution in [3.63, 3.8) is 0 Å². The molecule has 0 amide bonds. The Morgan fingerprint density at radius 2 is 1.64 bits per heavy atom. The van der Waals surface area contributed by atoms with Crippen LogP contribution in [0.25, 0.3) is 10.8 Å². The molecule has 142 valence electrons. The Bertz CT molecular complexity index is 968. The van der Waals surface area contributed by atoms with Gasteiger partial charge in [-0.2, -0.15) is 5.26 Å². The van der Waals surface area contributed by atoms with Crippen LogP contribution >= 0.6 is 0 Å². The van der Waals surface area contributed by atoms with Crippen LogP contribution in [0.5, 0.6) is 5.75 Å². The molecule has 0 aliphatic carbocycles. The molecule has 0 spiro atoms. The molecule has 0 aromatic heterocycles. The second-order valence-electron chi connectivity index (χ2n) is 6.95. The summed E-state index contributed by atoms with van der Waals surface area (Å²) in [7, 11) is 0. The van der Waals surface area contributed by atoms with E-state index in [-0.39, 0.29) is 0 Å². The molecule has 0 N–H and O–H groups in total. The normalized spacial score (nSPS) is 11.0. The van der Waals surface area contributed by atoms with Gasteiger partial charge in [-0.1, -0.05) is 44.7 Å². The zero-order chi connectivity index (χ0) is 19.6. The highest BCUT2D eigenvalue weighted by Crippen LogP contribution is 2.22. The van der Waals surface area contributed by atoms with Gasteiger partial charge in [0.05, 0.1) is 23.9 Å². The number of aliphatic imine (C=N–C) groups is 1. The highest BCUT2D eigenvalue weighted by atomic mass is 16.5. The second-order valence-corrected chi connectivity index (χ2v) is 6.95. The number of unbranched alkanes of at least 4 members (excludes halogenated alkanes) is 4. The fourth-order valence-corrected chi connectivity index (χ4v) is 3.08. The molecule has 0 radical (unpaired) electrons. The lowest BCUT2D eigenvalue weighted by Crippen LogP contribution is -1.97. The smallest absolute Gasteiger partial charge is 0.119 e. The number of hydrogen-bond donors (Lipinski definition) is 0. The average Bonchev–Trinajstić information content (AvgIpc) is 2.75. The molecule has 0 atom stereocenters. The van der Waals surface area contributed by atoms with Crippen molar-refractivity contribution < 1.29 is 4.74 Å². The summed E-state index contributed by atoms with van der Waals surface area (Å²) < 4.78 is 5.80. The molecular formula is C25H26N2O. The minimum atomic E-state index is 0.673. The molecule has 0 aliphatic rings. The predicted octanol–water partition coefficient (Wildman–Crippen LogP) is 6.81. The van der Waals surface area contributed by atoms with E-state index < -0.39 is 0 Å². The van der Waals surface area contributed by atoms with E-state index in [1.54, 1.807) is 0 Å². The van der Waals surface area contributed by atoms with Crippen molar-refractivity contribution in [3.8, 4) is 11.8 Å². The largest absolute Gasteiger partial charge is 0.494 e. The maximum absolute atomic E-state index is 8.99. The van der Waals surface area contributed by atoms with E-state index in [0.717, 1.165) is 40.8 Å². The van der Waals surface area contributed by atoms with Crippen molar-refractivity contribution in [2.24, 2.45) is 4.99 Å². The molecule has 3 aromatic rings. The summed E-state index contributed by atoms with van der Waals surface area (Å²) in [6, 6.07) is 21.9. The van der Waals surface area contributed by atoms with Gasteiger partial charge in [-0.25, -0.2) is 0 Å². The highest BCUT2D eigenvalue weighted by molar-refractivity contribution is 5.88. The van der Waals surface area contributed by atoms with E-state index in [0.29, 0.717) is 5.56 Å². The van der Waals surface area contributed by atoms with Gasteiger partial charge in [-0.15, -0.1) is 0 Å². The summed E-state index contributed by atoms with van der Waals surface area (Å²) in [5.41, 5.74) is 2.60. The van der Waals surface area contributed by atoms with Crippen LogP contribution in [-0.2, 0) is 0 Å². The zero-order valence-corrected chi connectivity index (χ0v) is 16.4. The highest BCUT2D eigenvalue weighted by Gasteiger charge is 1.98. The molecule has 0 heterocycles. The van der Waals surface area contributed by atoms with Crippen molar-refractivity contribution in [3.05, 3.63) is 71.8 Å². The third-order valence-corrected chi connectivity index (χ3v) is 4.71. The van der Waals surface area contributed by atoms with Gasteiger partial charge in [0.2, 0.25) is 0 Å². The number of rotatable bonds is 9. The average molecular weight is 370 g/mol. The fourth-order valence-electron chi connectivity index (χ4n) is 3.08. The molecule has 3 nitrogen and oxygen atoms in total. The number of nitrogens with zero attached hydrogens (tertiary/aromatic N) is 2. The van der Waals surface area contributed by atoms with Crippen molar-refractivity contribution in [1.29, 1.82) is 5.26 Å². The van der Waals surface area contributed by atoms with Crippen molar-refractivity contribution >= 4 is 22.7 Å². The Balaban J connectivity index is 1.55. The van der Waals surface area contributed by atoms with E-state index in [2.05, 4.69) is 18.0 Å². The first-order valence-corrected chi connectivity index (χ1v) is 9.99. The number of ether oxygens (including phenoxy) is 1. The summed E-state index contributed by atoms with van der Waals surface area (Å²) in [6.45, 7) is 3.01. The Hall–Kier alpha value is -3.12. The third-order valence-electron chi connectivity index (χ3n) is 4.71. The quantitative estimate of drug-likeness (QED) is 0.307. The SMILES string of the molecule is CCCCCCCOc1ccc(C=Nc2ccc3cc(C#N)ccc3c2)cc1. The van der Waals surface area contributed by atoms with Crippen LogP contribution in [0.3, 0.4) is 0 Å². The van der Waals surface area contributed by atoms with Gasteiger partial charge in [0.15, 0.2) is 0 Å². The van der Waals surface area contributed by atoms with Crippen LogP contribution in [0.2, 0.25) is 0 Å². The molecule has 0 unspecified atom stereocenters. The molecule has 0 saturated carbocycles. The third kappa shape index (κ3) is 5.69. The number of nitriles is 1. The monoisotopic (exact) mass is 370 g/mol. The Morgan fingerprint density at radius 3 is 2.43 bits per heavy atom. The molecule has 3 rings (SSSR count). The van der Waals surface area contributed by atoms with Crippen molar-refractivity contribution in [2.45, 2.75) is 39.0 Å². The van der Waals surface area contributed by atoms with Gasteiger partial charge in [-0.3, -0.25) is 4.99 Å². The van der Waals surface area contributed by atoms with Gasteiger partial charge in [-0.05, 0) is 71.3 Å². The topological polar surface area (TPSA) is 45.4 Å². The molecule has 0 aliphatic heterocycles. The lowest BCUT2D eigenvalue weighted by molar-refractivity contribution is 0.304. The van der Waals surface area contributed by atoms with E-state index in [1.165, 1.54) is 25.7 Å². The van der Waals surface area contributed by atoms with Crippen LogP contribution in [0.4, 0.5) is 5.69 Å². The molecule has 0 saturated heterocycles. The minimum Gasteiger partial charge on any atom is -0.494 e. The summed E-state index contributed by atoms with van der Waals surface area (Å²) in [6.07, 6.45) is 8.09. The van der Waals surface area contributed by atoms with Gasteiger partial charge < -0.3 is 4.74 Å². The van der Waals surface area contributed by atoms with Crippen molar-refractivity contribution in [1.82, 2.24) is 0 Å². The zero-order valence-electron chi connectivity index (χ0n) is 16.4. The molecular weight excluding hydrogens is 344 g/mol. The van der Waals surface area contributed by atoms with Gasteiger partial charge in [0.1, 0.15) is 5.75 Å². The van der Waals surface area contributed by atoms with E-state index >= 15 is 0 Å². The van der Waals surface area contributed by atoms with E-state index in [9.17, 15) is 0 Å². The molecule has 0 fully saturated rings. The summed E-state index contributed by atoms with van der Waals surface area (Å²) in [5.74, 6) is 0.909. The van der Waals surface area contributed by atoms with Gasteiger partial charge in [0.25, 0.3) is 0 Å². The van der Waals surface area contributed by atoms with E-state index in [1.807, 2.05) is 66.9 Å². The number of fused-ring (bicyclic) bond motifs is 1. The fraction of sp³-hybridized carbons (Fsp3) is 0.280. The Kier molecular flexibility index (Phi) is 7.21. The van der Waals surface area contributed by atoms with Gasteiger partial charge in [0, 0.05) is 6.21 Å². The standard InChI is InChI=1S/C25H26N2O/c1-2-3-4-5-6-15-28-25-13-8-20(9-14-25)19-27-24-12-11-22-16-21(18-26)7-10-23(22)17-24/h7-14,16-17,19H,2-6,15H2,1H3. The minimum absolute atomic E-state index is 0.673. The lowest BCUT2D eigenvalue weighted by Gasteiger charge is -2.06. The maximum Gasteiger partial charge on any atom is 0.119 e. The molecule has 28 heavy (non-hydrogen) atoms. The Labute approximate surface area is 167 Å². The van der Waals surface area contributed by atoms with E-state index in [4.69, 9.17) is 10.00 Å². The van der Waals surface area contributed by atoms with Crippen LogP contribution in [0, 0.1) is 11.3 Å². The number of benzene rings is 3. The van der Waals surface area contributed by atoms with Crippen LogP contribution < -0.4 is 4.74 Å². The molecule has 3 heteroatoms. The second kappa shape index (κ2) is 10.3. The predicted molar refractivity (Wildman–Crippen MR) is 117 cm³/mol. The maximum atomic E-state index is 8.99. The van der Waals surface area contributed by atoms with Gasteiger partial charge >= 0.3 is 0 Å². The summed E-state index contributed by atoms with van der Waals surface area (Å²) in [4.78, 5) is 4.57. The van der Waals surface area contributed by atoms with Crippen LogP contribution in [0.1, 0.15) is 50.2 Å². The van der Waals surface area contributed by atoms with Crippen LogP contribution in [-0.4, -0.2) is 12.8 Å². The number of hydrogen-bond acceptors (Lipinski definition) is 3. The Morgan fingerprint density at radius 1 is 0.893 bits per heavy atom. The molecule has 0 bridgehead atoms. The first-order chi connectivity index (χ1) is 13.8. The first kappa shape index (κ1) is 19.6. The summed E-state index contributed by atoms with van der Waals surface area (Å²) >= 11 is 0. The van der Waals surface area contributed by atoms with Crippen LogP contribution in [0.15, 0.2) is 65.7 Å². The van der Waals surface area contributed by atoms with Crippen molar-refractivity contribution in [2.75, 3.05) is 6.61 Å². The first-order valence-electron chi connectivity index (χ1n) is 9.99. The lowest BCUT2D eigenvalue weighted by atomic mass is 10.1.